The third-order valence-corrected chi connectivity index (χ3v) is 5.85. The van der Waals surface area contributed by atoms with Crippen molar-refractivity contribution in [3.05, 3.63) is 92.0 Å². The number of benzene rings is 3. The molecular formula is C25H28Cl2N5O2+. The summed E-state index contributed by atoms with van der Waals surface area (Å²) in [7, 11) is 6.55. The maximum atomic E-state index is 11.0. The molecule has 0 heterocycles. The number of halogens is 2. The monoisotopic (exact) mass is 500 g/mol. The highest BCUT2D eigenvalue weighted by Gasteiger charge is 2.16. The van der Waals surface area contributed by atoms with Crippen LogP contribution in [-0.4, -0.2) is 43.6 Å². The van der Waals surface area contributed by atoms with Gasteiger partial charge in [-0.2, -0.15) is 5.11 Å². The molecule has 0 aliphatic carbocycles. The van der Waals surface area contributed by atoms with E-state index in [0.717, 1.165) is 35.4 Å². The second-order valence-electron chi connectivity index (χ2n) is 9.11. The quantitative estimate of drug-likeness (QED) is 0.133. The molecular weight excluding hydrogens is 473 g/mol. The fourth-order valence-corrected chi connectivity index (χ4v) is 3.88. The Morgan fingerprint density at radius 3 is 2.18 bits per heavy atom. The van der Waals surface area contributed by atoms with Crippen LogP contribution in [0.2, 0.25) is 10.0 Å². The molecule has 0 aliphatic rings. The van der Waals surface area contributed by atoms with E-state index < -0.39 is 4.92 Å². The molecule has 3 aromatic rings. The van der Waals surface area contributed by atoms with Gasteiger partial charge in [-0.25, -0.2) is 0 Å². The van der Waals surface area contributed by atoms with Gasteiger partial charge in [0.15, 0.2) is 0 Å². The number of azo groups is 1. The highest BCUT2D eigenvalue weighted by molar-refractivity contribution is 6.39. The van der Waals surface area contributed by atoms with Gasteiger partial charge in [0.05, 0.1) is 54.9 Å². The predicted octanol–water partition coefficient (Wildman–Crippen LogP) is 7.34. The van der Waals surface area contributed by atoms with Crippen LogP contribution in [0.3, 0.4) is 0 Å². The van der Waals surface area contributed by atoms with E-state index in [1.165, 1.54) is 17.7 Å². The largest absolute Gasteiger partial charge is 0.362 e. The van der Waals surface area contributed by atoms with E-state index in [1.54, 1.807) is 0 Å². The number of nitro groups is 1. The maximum absolute atomic E-state index is 11.0. The Morgan fingerprint density at radius 1 is 0.971 bits per heavy atom. The van der Waals surface area contributed by atoms with Crippen molar-refractivity contribution in [1.29, 1.82) is 0 Å². The van der Waals surface area contributed by atoms with E-state index in [9.17, 15) is 10.1 Å². The number of likely N-dealkylation sites (N-methyl/N-ethyl adjacent to an activating group) is 1. The highest BCUT2D eigenvalue weighted by atomic mass is 35.5. The van der Waals surface area contributed by atoms with E-state index in [4.69, 9.17) is 23.2 Å². The summed E-state index contributed by atoms with van der Waals surface area (Å²) in [6.07, 6.45) is 0. The van der Waals surface area contributed by atoms with Crippen molar-refractivity contribution >= 4 is 46.0 Å². The first-order valence-corrected chi connectivity index (χ1v) is 11.5. The van der Waals surface area contributed by atoms with Crippen molar-refractivity contribution < 1.29 is 9.41 Å². The van der Waals surface area contributed by atoms with Crippen LogP contribution in [0.15, 0.2) is 70.9 Å². The molecule has 0 bridgehead atoms. The third kappa shape index (κ3) is 7.00. The molecule has 0 spiro atoms. The molecule has 0 fully saturated rings. The van der Waals surface area contributed by atoms with Crippen LogP contribution in [0.4, 0.5) is 22.7 Å². The number of nitrogens with zero attached hydrogens (tertiary/aromatic N) is 5. The summed E-state index contributed by atoms with van der Waals surface area (Å²) in [5.74, 6) is 0. The molecule has 0 amide bonds. The number of rotatable bonds is 9. The zero-order valence-corrected chi connectivity index (χ0v) is 21.2. The highest BCUT2D eigenvalue weighted by Crippen LogP contribution is 2.38. The Hall–Kier alpha value is -3.00. The standard InChI is InChI=1S/C25H28Cl2N5O2/c1-18-14-20(30(12-13-32(2,3)4)17-19-8-6-5-7-9-19)10-11-24(18)28-29-25-22(26)15-21(31(33)34)16-23(25)27/h5-11,14-16H,12-13,17H2,1-4H3/q+1. The Kier molecular flexibility index (Phi) is 8.25. The number of anilines is 1. The number of nitro benzene ring substituents is 1. The van der Waals surface area contributed by atoms with Gasteiger partial charge in [0, 0.05) is 24.4 Å². The minimum atomic E-state index is -0.554. The summed E-state index contributed by atoms with van der Waals surface area (Å²) >= 11 is 12.3. The fourth-order valence-electron chi connectivity index (χ4n) is 3.33. The second-order valence-corrected chi connectivity index (χ2v) is 9.92. The first-order chi connectivity index (χ1) is 16.0. The molecule has 0 N–H and O–H groups in total. The minimum absolute atomic E-state index is 0.0755. The number of hydrogen-bond acceptors (Lipinski definition) is 5. The van der Waals surface area contributed by atoms with Crippen molar-refractivity contribution in [1.82, 2.24) is 0 Å². The lowest BCUT2D eigenvalue weighted by Crippen LogP contribution is -2.42. The lowest BCUT2D eigenvalue weighted by molar-refractivity contribution is -0.868. The molecule has 34 heavy (non-hydrogen) atoms. The zero-order chi connectivity index (χ0) is 24.9. The van der Waals surface area contributed by atoms with Crippen molar-refractivity contribution in [2.24, 2.45) is 10.2 Å². The van der Waals surface area contributed by atoms with Crippen LogP contribution in [0.25, 0.3) is 0 Å². The lowest BCUT2D eigenvalue weighted by Gasteiger charge is -2.30. The molecule has 0 atom stereocenters. The summed E-state index contributed by atoms with van der Waals surface area (Å²) < 4.78 is 0.868. The molecule has 0 aromatic heterocycles. The molecule has 7 nitrogen and oxygen atoms in total. The Balaban J connectivity index is 1.86. The molecule has 3 rings (SSSR count). The van der Waals surface area contributed by atoms with Gasteiger partial charge in [-0.15, -0.1) is 5.11 Å². The summed E-state index contributed by atoms with van der Waals surface area (Å²) in [5, 5.41) is 19.6. The van der Waals surface area contributed by atoms with Crippen molar-refractivity contribution in [2.45, 2.75) is 13.5 Å². The average molecular weight is 501 g/mol. The first-order valence-electron chi connectivity index (χ1n) is 10.8. The molecule has 178 valence electrons. The maximum Gasteiger partial charge on any atom is 0.272 e. The average Bonchev–Trinajstić information content (AvgIpc) is 2.76. The van der Waals surface area contributed by atoms with Crippen LogP contribution >= 0.6 is 23.2 Å². The number of hydrogen-bond donors (Lipinski definition) is 0. The predicted molar refractivity (Wildman–Crippen MR) is 139 cm³/mol. The number of non-ortho nitro benzene ring substituents is 1. The SMILES string of the molecule is Cc1cc(N(CC[N+](C)(C)C)Cc2ccccc2)ccc1N=Nc1c(Cl)cc([N+](=O)[O-])cc1Cl. The molecule has 0 saturated carbocycles. The van der Waals surface area contributed by atoms with E-state index in [-0.39, 0.29) is 21.4 Å². The van der Waals surface area contributed by atoms with Gasteiger partial charge in [-0.05, 0) is 36.2 Å². The molecule has 0 unspecified atom stereocenters. The fraction of sp³-hybridized carbons (Fsp3) is 0.280. The van der Waals surface area contributed by atoms with Crippen LogP contribution in [0.5, 0.6) is 0 Å². The molecule has 0 saturated heterocycles. The third-order valence-electron chi connectivity index (χ3n) is 5.27. The van der Waals surface area contributed by atoms with Crippen LogP contribution in [-0.2, 0) is 6.54 Å². The van der Waals surface area contributed by atoms with Crippen molar-refractivity contribution in [3.63, 3.8) is 0 Å². The molecule has 0 aliphatic heterocycles. The van der Waals surface area contributed by atoms with Gasteiger partial charge in [0.25, 0.3) is 5.69 Å². The van der Waals surface area contributed by atoms with Gasteiger partial charge >= 0.3 is 0 Å². The zero-order valence-electron chi connectivity index (χ0n) is 19.7. The van der Waals surface area contributed by atoms with Gasteiger partial charge in [0.2, 0.25) is 0 Å². The van der Waals surface area contributed by atoms with Crippen LogP contribution in [0, 0.1) is 17.0 Å². The Morgan fingerprint density at radius 2 is 1.62 bits per heavy atom. The van der Waals surface area contributed by atoms with E-state index in [2.05, 4.69) is 66.6 Å². The lowest BCUT2D eigenvalue weighted by atomic mass is 10.1. The van der Waals surface area contributed by atoms with Crippen molar-refractivity contribution in [3.8, 4) is 0 Å². The van der Waals surface area contributed by atoms with Gasteiger partial charge < -0.3 is 9.38 Å². The summed E-state index contributed by atoms with van der Waals surface area (Å²) in [4.78, 5) is 12.8. The van der Waals surface area contributed by atoms with E-state index >= 15 is 0 Å². The second kappa shape index (κ2) is 11.0. The van der Waals surface area contributed by atoms with Crippen LogP contribution < -0.4 is 4.90 Å². The van der Waals surface area contributed by atoms with Gasteiger partial charge in [-0.1, -0.05) is 53.5 Å². The minimum Gasteiger partial charge on any atom is -0.362 e. The van der Waals surface area contributed by atoms with Gasteiger partial charge in [-0.3, -0.25) is 10.1 Å². The summed E-state index contributed by atoms with van der Waals surface area (Å²) in [5.41, 5.74) is 3.96. The van der Waals surface area contributed by atoms with E-state index in [1.807, 2.05) is 25.1 Å². The van der Waals surface area contributed by atoms with E-state index in [0.29, 0.717) is 5.69 Å². The number of aryl methyl sites for hydroxylation is 1. The summed E-state index contributed by atoms with van der Waals surface area (Å²) in [6.45, 7) is 4.66. The molecule has 3 aromatic carbocycles. The number of quaternary nitrogens is 1. The van der Waals surface area contributed by atoms with Crippen molar-refractivity contribution in [2.75, 3.05) is 39.1 Å². The molecule has 9 heteroatoms. The Bertz CT molecular complexity index is 1170. The Labute approximate surface area is 210 Å². The first kappa shape index (κ1) is 25.6. The topological polar surface area (TPSA) is 71.1 Å². The van der Waals surface area contributed by atoms with Gasteiger partial charge in [0.1, 0.15) is 5.69 Å². The van der Waals surface area contributed by atoms with Crippen LogP contribution in [0.1, 0.15) is 11.1 Å². The smallest absolute Gasteiger partial charge is 0.272 e. The molecule has 0 radical (unpaired) electrons. The normalized spacial score (nSPS) is 11.7. The summed E-state index contributed by atoms with van der Waals surface area (Å²) in [6, 6.07) is 18.8.